The van der Waals surface area contributed by atoms with E-state index in [1.165, 1.54) is 31.1 Å². The zero-order valence-electron chi connectivity index (χ0n) is 17.9. The van der Waals surface area contributed by atoms with Crippen LogP contribution >= 0.6 is 0 Å². The minimum Gasteiger partial charge on any atom is -0.481 e. The van der Waals surface area contributed by atoms with Crippen molar-refractivity contribution in [1.82, 2.24) is 0 Å². The minimum atomic E-state index is -0.742. The summed E-state index contributed by atoms with van der Waals surface area (Å²) in [4.78, 5) is 21.2. The molecule has 0 unspecified atom stereocenters. The third kappa shape index (κ3) is 12.7. The number of aliphatic hydroxyl groups is 1. The number of esters is 1. The minimum absolute atomic E-state index is 0.159. The van der Waals surface area contributed by atoms with Crippen molar-refractivity contribution < 1.29 is 24.5 Å². The van der Waals surface area contributed by atoms with Crippen molar-refractivity contribution in [2.45, 2.75) is 57.8 Å². The van der Waals surface area contributed by atoms with Crippen molar-refractivity contribution in [3.8, 4) is 0 Å². The van der Waals surface area contributed by atoms with Gasteiger partial charge in [-0.25, -0.2) is 0 Å². The molecule has 0 saturated heterocycles. The standard InChI is InChI=1S/C16H24O3.C9H10O2/c1-19-16(18)12-11-15-9-7-14(8-10-15)6-4-2-3-5-13-17;10-9(11)7-6-8-4-2-1-3-5-8/h7-10,17H,2-6,11-13H2,1H3;1-5H,6-7H2,(H,10,11). The Bertz CT molecular complexity index is 710. The van der Waals surface area contributed by atoms with Crippen molar-refractivity contribution >= 4 is 11.9 Å². The molecule has 0 amide bonds. The maximum absolute atomic E-state index is 11.0. The molecule has 0 aromatic heterocycles. The Kier molecular flexibility index (Phi) is 13.7. The van der Waals surface area contributed by atoms with Crippen molar-refractivity contribution in [2.24, 2.45) is 0 Å². The molecule has 0 bridgehead atoms. The van der Waals surface area contributed by atoms with Crippen molar-refractivity contribution in [1.29, 1.82) is 0 Å². The van der Waals surface area contributed by atoms with Gasteiger partial charge in [0.15, 0.2) is 0 Å². The fourth-order valence-electron chi connectivity index (χ4n) is 2.91. The molecule has 164 valence electrons. The van der Waals surface area contributed by atoms with E-state index in [1.807, 2.05) is 30.3 Å². The van der Waals surface area contributed by atoms with E-state index in [0.717, 1.165) is 31.2 Å². The number of carbonyl (C=O) groups is 2. The summed E-state index contributed by atoms with van der Waals surface area (Å²) in [6.07, 6.45) is 7.45. The molecule has 0 atom stereocenters. The summed E-state index contributed by atoms with van der Waals surface area (Å²) in [5, 5.41) is 17.1. The van der Waals surface area contributed by atoms with Gasteiger partial charge in [-0.05, 0) is 48.8 Å². The van der Waals surface area contributed by atoms with E-state index in [-0.39, 0.29) is 12.4 Å². The molecule has 0 radical (unpaired) electrons. The first-order valence-electron chi connectivity index (χ1n) is 10.6. The lowest BCUT2D eigenvalue weighted by molar-refractivity contribution is -0.140. The first-order chi connectivity index (χ1) is 14.5. The van der Waals surface area contributed by atoms with E-state index in [2.05, 4.69) is 29.0 Å². The number of methoxy groups -OCH3 is 1. The van der Waals surface area contributed by atoms with Crippen LogP contribution in [0.1, 0.15) is 55.2 Å². The maximum atomic E-state index is 11.0. The number of aliphatic carboxylic acids is 1. The topological polar surface area (TPSA) is 83.8 Å². The van der Waals surface area contributed by atoms with Crippen LogP contribution in [0.15, 0.2) is 54.6 Å². The number of carboxylic acids is 1. The average molecular weight is 415 g/mol. The Labute approximate surface area is 179 Å². The molecule has 2 rings (SSSR count). The molecule has 0 aliphatic heterocycles. The third-order valence-electron chi connectivity index (χ3n) is 4.71. The molecule has 2 N–H and O–H groups in total. The molecule has 0 aliphatic carbocycles. The summed E-state index contributed by atoms with van der Waals surface area (Å²) in [5.74, 6) is -0.901. The monoisotopic (exact) mass is 414 g/mol. The highest BCUT2D eigenvalue weighted by molar-refractivity contribution is 5.69. The van der Waals surface area contributed by atoms with Gasteiger partial charge < -0.3 is 14.9 Å². The molecule has 0 aliphatic rings. The molecular weight excluding hydrogens is 380 g/mol. The summed E-state index contributed by atoms with van der Waals surface area (Å²) in [5.41, 5.74) is 3.59. The predicted octanol–water partition coefficient (Wildman–Crippen LogP) is 4.59. The number of benzene rings is 2. The van der Waals surface area contributed by atoms with Crippen LogP contribution in [0.3, 0.4) is 0 Å². The number of hydrogen-bond acceptors (Lipinski definition) is 4. The lowest BCUT2D eigenvalue weighted by Gasteiger charge is -2.04. The molecule has 2 aromatic rings. The average Bonchev–Trinajstić information content (AvgIpc) is 2.78. The van der Waals surface area contributed by atoms with Crippen LogP contribution in [0.2, 0.25) is 0 Å². The van der Waals surface area contributed by atoms with E-state index >= 15 is 0 Å². The molecule has 0 saturated carbocycles. The second-order valence-electron chi connectivity index (χ2n) is 7.16. The predicted molar refractivity (Wildman–Crippen MR) is 118 cm³/mol. The molecule has 5 heteroatoms. The van der Waals surface area contributed by atoms with Crippen molar-refractivity contribution in [3.63, 3.8) is 0 Å². The van der Waals surface area contributed by atoms with Gasteiger partial charge in [0.1, 0.15) is 0 Å². The second-order valence-corrected chi connectivity index (χ2v) is 7.16. The normalized spacial score (nSPS) is 10.1. The highest BCUT2D eigenvalue weighted by Gasteiger charge is 2.01. The number of aryl methyl sites for hydroxylation is 3. The van der Waals surface area contributed by atoms with E-state index in [1.54, 1.807) is 0 Å². The summed E-state index contributed by atoms with van der Waals surface area (Å²) in [6.45, 7) is 0.300. The van der Waals surface area contributed by atoms with Crippen LogP contribution in [0.4, 0.5) is 0 Å². The number of ether oxygens (including phenoxy) is 1. The van der Waals surface area contributed by atoms with E-state index in [0.29, 0.717) is 19.4 Å². The molecule has 2 aromatic carbocycles. The first-order valence-corrected chi connectivity index (χ1v) is 10.6. The molecule has 0 spiro atoms. The Balaban J connectivity index is 0.000000346. The van der Waals surface area contributed by atoms with Crippen LogP contribution in [0.5, 0.6) is 0 Å². The van der Waals surface area contributed by atoms with Gasteiger partial charge in [0.05, 0.1) is 7.11 Å². The highest BCUT2D eigenvalue weighted by Crippen LogP contribution is 2.11. The molecule has 30 heavy (non-hydrogen) atoms. The maximum Gasteiger partial charge on any atom is 0.305 e. The lowest BCUT2D eigenvalue weighted by atomic mass is 10.0. The Morgan fingerprint density at radius 3 is 1.83 bits per heavy atom. The van der Waals surface area contributed by atoms with Gasteiger partial charge in [-0.2, -0.15) is 0 Å². The fourth-order valence-corrected chi connectivity index (χ4v) is 2.91. The fraction of sp³-hybridized carbons (Fsp3) is 0.440. The summed E-state index contributed by atoms with van der Waals surface area (Å²) in [6, 6.07) is 18.1. The van der Waals surface area contributed by atoms with Gasteiger partial charge in [-0.15, -0.1) is 0 Å². The van der Waals surface area contributed by atoms with Crippen molar-refractivity contribution in [3.05, 3.63) is 71.3 Å². The molecule has 0 fully saturated rings. The lowest BCUT2D eigenvalue weighted by Crippen LogP contribution is -2.01. The quantitative estimate of drug-likeness (QED) is 0.392. The summed E-state index contributed by atoms with van der Waals surface area (Å²) in [7, 11) is 1.42. The smallest absolute Gasteiger partial charge is 0.305 e. The third-order valence-corrected chi connectivity index (χ3v) is 4.71. The SMILES string of the molecule is COC(=O)CCc1ccc(CCCCCCO)cc1.O=C(O)CCc1ccccc1. The van der Waals surface area contributed by atoms with Crippen LogP contribution in [0, 0.1) is 0 Å². The first kappa shape index (κ1) is 25.4. The number of carboxylic acid groups (broad SMARTS) is 1. The van der Waals surface area contributed by atoms with Crippen LogP contribution in [-0.2, 0) is 33.6 Å². The Hall–Kier alpha value is -2.66. The van der Waals surface area contributed by atoms with Gasteiger partial charge in [-0.3, -0.25) is 9.59 Å². The van der Waals surface area contributed by atoms with E-state index in [4.69, 9.17) is 10.2 Å². The highest BCUT2D eigenvalue weighted by atomic mass is 16.5. The van der Waals surface area contributed by atoms with E-state index in [9.17, 15) is 9.59 Å². The Morgan fingerprint density at radius 1 is 0.733 bits per heavy atom. The summed E-state index contributed by atoms with van der Waals surface area (Å²) < 4.78 is 4.62. The zero-order valence-corrected chi connectivity index (χ0v) is 17.9. The number of rotatable bonds is 12. The van der Waals surface area contributed by atoms with Crippen LogP contribution < -0.4 is 0 Å². The number of unbranched alkanes of at least 4 members (excludes halogenated alkanes) is 3. The van der Waals surface area contributed by atoms with E-state index < -0.39 is 5.97 Å². The number of hydrogen-bond donors (Lipinski definition) is 2. The molecular formula is C25H34O5. The van der Waals surface area contributed by atoms with Gasteiger partial charge in [0.2, 0.25) is 0 Å². The van der Waals surface area contributed by atoms with Gasteiger partial charge in [0, 0.05) is 19.4 Å². The van der Waals surface area contributed by atoms with Crippen LogP contribution in [-0.4, -0.2) is 35.9 Å². The van der Waals surface area contributed by atoms with Gasteiger partial charge in [-0.1, -0.05) is 67.4 Å². The second kappa shape index (κ2) is 16.2. The number of carbonyl (C=O) groups excluding carboxylic acids is 1. The molecule has 5 nitrogen and oxygen atoms in total. The number of aliphatic hydroxyl groups excluding tert-OH is 1. The van der Waals surface area contributed by atoms with Crippen LogP contribution in [0.25, 0.3) is 0 Å². The zero-order chi connectivity index (χ0) is 22.0. The van der Waals surface area contributed by atoms with Gasteiger partial charge in [0.25, 0.3) is 0 Å². The van der Waals surface area contributed by atoms with Gasteiger partial charge >= 0.3 is 11.9 Å². The summed E-state index contributed by atoms with van der Waals surface area (Å²) >= 11 is 0. The molecule has 0 heterocycles. The Morgan fingerprint density at radius 2 is 1.27 bits per heavy atom. The largest absolute Gasteiger partial charge is 0.481 e. The van der Waals surface area contributed by atoms with Crippen molar-refractivity contribution in [2.75, 3.05) is 13.7 Å².